The minimum absolute atomic E-state index is 0.0519. The van der Waals surface area contributed by atoms with Gasteiger partial charge in [0.25, 0.3) is 0 Å². The molecule has 0 radical (unpaired) electrons. The van der Waals surface area contributed by atoms with Gasteiger partial charge in [-0.05, 0) is 39.0 Å². The molecule has 0 spiro atoms. The first kappa shape index (κ1) is 15.2. The molecule has 0 aliphatic rings. The van der Waals surface area contributed by atoms with E-state index >= 15 is 0 Å². The number of rotatable bonds is 4. The normalized spacial score (nSPS) is 13.8. The van der Waals surface area contributed by atoms with Gasteiger partial charge in [-0.25, -0.2) is 0 Å². The summed E-state index contributed by atoms with van der Waals surface area (Å²) in [6.07, 6.45) is 3.83. The smallest absolute Gasteiger partial charge is 0.247 e. The molecule has 2 nitrogen and oxygen atoms in total. The molecule has 0 unspecified atom stereocenters. The zero-order chi connectivity index (χ0) is 13.0. The summed E-state index contributed by atoms with van der Waals surface area (Å²) in [7, 11) is 0. The third-order valence-electron chi connectivity index (χ3n) is 2.29. The van der Waals surface area contributed by atoms with E-state index in [2.05, 4.69) is 39.9 Å². The fourth-order valence-electron chi connectivity index (χ4n) is 2.17. The maximum absolute atomic E-state index is 11.9. The van der Waals surface area contributed by atoms with Crippen molar-refractivity contribution in [2.75, 3.05) is 0 Å². The molecular formula is C14H27NO. The molecule has 0 aliphatic heterocycles. The molecule has 0 aliphatic carbocycles. The van der Waals surface area contributed by atoms with Gasteiger partial charge in [0.15, 0.2) is 0 Å². The highest BCUT2D eigenvalue weighted by Gasteiger charge is 2.27. The van der Waals surface area contributed by atoms with E-state index in [1.807, 2.05) is 19.9 Å². The van der Waals surface area contributed by atoms with Crippen molar-refractivity contribution in [3.05, 3.63) is 11.6 Å². The van der Waals surface area contributed by atoms with Crippen molar-refractivity contribution in [2.24, 2.45) is 5.41 Å². The van der Waals surface area contributed by atoms with E-state index in [0.29, 0.717) is 0 Å². The van der Waals surface area contributed by atoms with Crippen molar-refractivity contribution in [2.45, 2.75) is 66.8 Å². The SMILES string of the molecule is CC/C=C(/C)C(=O)NC(C)(C)CC(C)(C)C. The second-order valence-electron chi connectivity index (χ2n) is 6.37. The van der Waals surface area contributed by atoms with E-state index in [1.54, 1.807) is 0 Å². The van der Waals surface area contributed by atoms with Gasteiger partial charge in [-0.2, -0.15) is 0 Å². The van der Waals surface area contributed by atoms with Crippen LogP contribution in [-0.2, 0) is 4.79 Å². The van der Waals surface area contributed by atoms with Gasteiger partial charge in [0.2, 0.25) is 5.91 Å². The van der Waals surface area contributed by atoms with Crippen molar-refractivity contribution in [1.29, 1.82) is 0 Å². The van der Waals surface area contributed by atoms with Crippen molar-refractivity contribution in [1.82, 2.24) is 5.32 Å². The van der Waals surface area contributed by atoms with Crippen LogP contribution in [0.4, 0.5) is 0 Å². The van der Waals surface area contributed by atoms with Crippen LogP contribution in [0.3, 0.4) is 0 Å². The van der Waals surface area contributed by atoms with Crippen molar-refractivity contribution in [3.8, 4) is 0 Å². The molecule has 0 fully saturated rings. The van der Waals surface area contributed by atoms with Crippen LogP contribution in [0.25, 0.3) is 0 Å². The summed E-state index contributed by atoms with van der Waals surface area (Å²) in [6.45, 7) is 14.6. The van der Waals surface area contributed by atoms with Gasteiger partial charge in [-0.1, -0.05) is 33.8 Å². The lowest BCUT2D eigenvalue weighted by Crippen LogP contribution is -2.46. The van der Waals surface area contributed by atoms with Crippen molar-refractivity contribution >= 4 is 5.91 Å². The maximum atomic E-state index is 11.9. The van der Waals surface area contributed by atoms with Crippen LogP contribution in [0.2, 0.25) is 0 Å². The van der Waals surface area contributed by atoms with E-state index in [1.165, 1.54) is 0 Å². The van der Waals surface area contributed by atoms with Gasteiger partial charge in [0, 0.05) is 11.1 Å². The summed E-state index contributed by atoms with van der Waals surface area (Å²) in [5.41, 5.74) is 0.877. The number of carbonyl (C=O) groups is 1. The average molecular weight is 225 g/mol. The molecule has 0 aromatic rings. The van der Waals surface area contributed by atoms with Gasteiger partial charge in [-0.15, -0.1) is 0 Å². The first-order valence-corrected chi connectivity index (χ1v) is 6.07. The third-order valence-corrected chi connectivity index (χ3v) is 2.29. The Morgan fingerprint density at radius 3 is 2.06 bits per heavy atom. The van der Waals surface area contributed by atoms with Crippen LogP contribution in [0.5, 0.6) is 0 Å². The predicted octanol–water partition coefficient (Wildman–Crippen LogP) is 3.67. The molecule has 2 heteroatoms. The summed E-state index contributed by atoms with van der Waals surface area (Å²) < 4.78 is 0. The summed E-state index contributed by atoms with van der Waals surface area (Å²) in [4.78, 5) is 11.9. The van der Waals surface area contributed by atoms with Gasteiger partial charge in [-0.3, -0.25) is 4.79 Å². The Morgan fingerprint density at radius 2 is 1.69 bits per heavy atom. The molecule has 0 saturated heterocycles. The molecule has 0 aromatic carbocycles. The van der Waals surface area contributed by atoms with Gasteiger partial charge in [0.1, 0.15) is 0 Å². The zero-order valence-corrected chi connectivity index (χ0v) is 11.9. The Morgan fingerprint density at radius 1 is 1.19 bits per heavy atom. The topological polar surface area (TPSA) is 29.1 Å². The number of hydrogen-bond donors (Lipinski definition) is 1. The molecule has 0 atom stereocenters. The maximum Gasteiger partial charge on any atom is 0.247 e. The molecule has 0 heterocycles. The van der Waals surface area contributed by atoms with Crippen molar-refractivity contribution < 1.29 is 4.79 Å². The van der Waals surface area contributed by atoms with E-state index in [-0.39, 0.29) is 16.9 Å². The van der Waals surface area contributed by atoms with Crippen LogP contribution >= 0.6 is 0 Å². The van der Waals surface area contributed by atoms with Crippen LogP contribution in [0.15, 0.2) is 11.6 Å². The molecule has 16 heavy (non-hydrogen) atoms. The van der Waals surface area contributed by atoms with Crippen LogP contribution in [-0.4, -0.2) is 11.4 Å². The molecule has 1 N–H and O–H groups in total. The molecule has 94 valence electrons. The van der Waals surface area contributed by atoms with Gasteiger partial charge >= 0.3 is 0 Å². The van der Waals surface area contributed by atoms with Crippen LogP contribution < -0.4 is 5.32 Å². The Kier molecular flexibility index (Phi) is 5.24. The van der Waals surface area contributed by atoms with Crippen LogP contribution in [0.1, 0.15) is 61.3 Å². The standard InChI is InChI=1S/C14H27NO/c1-8-9-11(2)12(16)15-14(6,7)10-13(3,4)5/h9H,8,10H2,1-7H3,(H,15,16)/b11-9-. The predicted molar refractivity (Wildman–Crippen MR) is 70.3 cm³/mol. The number of amides is 1. The summed E-state index contributed by atoms with van der Waals surface area (Å²) in [5.74, 6) is 0.0519. The quantitative estimate of drug-likeness (QED) is 0.727. The highest BCUT2D eigenvalue weighted by Crippen LogP contribution is 2.26. The number of hydrogen-bond acceptors (Lipinski definition) is 1. The fraction of sp³-hybridized carbons (Fsp3) is 0.786. The van der Waals surface area contributed by atoms with Gasteiger partial charge in [0.05, 0.1) is 0 Å². The number of carbonyl (C=O) groups excluding carboxylic acids is 1. The minimum atomic E-state index is -0.155. The molecular weight excluding hydrogens is 198 g/mol. The third kappa shape index (κ3) is 6.65. The average Bonchev–Trinajstić information content (AvgIpc) is 1.98. The second kappa shape index (κ2) is 5.51. The summed E-state index contributed by atoms with van der Waals surface area (Å²) in [6, 6.07) is 0. The lowest BCUT2D eigenvalue weighted by atomic mass is 9.81. The van der Waals surface area contributed by atoms with E-state index in [9.17, 15) is 4.79 Å². The highest BCUT2D eigenvalue weighted by atomic mass is 16.1. The Bertz CT molecular complexity index is 269. The second-order valence-corrected chi connectivity index (χ2v) is 6.37. The Hall–Kier alpha value is -0.790. The Balaban J connectivity index is 4.48. The van der Waals surface area contributed by atoms with E-state index < -0.39 is 0 Å². The summed E-state index contributed by atoms with van der Waals surface area (Å²) in [5, 5.41) is 3.09. The van der Waals surface area contributed by atoms with Crippen LogP contribution in [0, 0.1) is 5.41 Å². The monoisotopic (exact) mass is 225 g/mol. The van der Waals surface area contributed by atoms with Gasteiger partial charge < -0.3 is 5.32 Å². The molecule has 0 saturated carbocycles. The van der Waals surface area contributed by atoms with E-state index in [0.717, 1.165) is 18.4 Å². The largest absolute Gasteiger partial charge is 0.347 e. The summed E-state index contributed by atoms with van der Waals surface area (Å²) >= 11 is 0. The first-order valence-electron chi connectivity index (χ1n) is 6.07. The highest BCUT2D eigenvalue weighted by molar-refractivity contribution is 5.93. The molecule has 1 amide bonds. The van der Waals surface area contributed by atoms with Crippen molar-refractivity contribution in [3.63, 3.8) is 0 Å². The number of allylic oxidation sites excluding steroid dienone is 1. The Labute approximate surface area is 101 Å². The zero-order valence-electron chi connectivity index (χ0n) is 11.9. The number of nitrogens with one attached hydrogen (secondary N) is 1. The molecule has 0 aromatic heterocycles. The van der Waals surface area contributed by atoms with E-state index in [4.69, 9.17) is 0 Å². The molecule has 0 bridgehead atoms. The minimum Gasteiger partial charge on any atom is -0.347 e. The molecule has 0 rings (SSSR count). The first-order chi connectivity index (χ1) is 7.07. The lowest BCUT2D eigenvalue weighted by molar-refractivity contribution is -0.119. The fourth-order valence-corrected chi connectivity index (χ4v) is 2.17. The lowest BCUT2D eigenvalue weighted by Gasteiger charge is -2.33.